The molecule has 0 saturated carbocycles. The smallest absolute Gasteiger partial charge is 0.404 e. The molecule has 0 bridgehead atoms. The molecule has 0 atom stereocenters. The molecule has 11 heavy (non-hydrogen) atoms. The number of nitrogens with two attached hydrogens (primary N) is 1. The molecule has 0 aliphatic rings. The lowest BCUT2D eigenvalue weighted by atomic mass is 10.7. The highest BCUT2D eigenvalue weighted by Crippen LogP contribution is 1.78. The maximum absolute atomic E-state index is 10.00. The van der Waals surface area contributed by atoms with Crippen molar-refractivity contribution in [3.8, 4) is 12.0 Å². The number of amides is 1. The summed E-state index contributed by atoms with van der Waals surface area (Å²) in [6.45, 7) is 0.401. The minimum atomic E-state index is -0.796. The third kappa shape index (κ3) is 9.36. The maximum atomic E-state index is 10.00. The van der Waals surface area contributed by atoms with Gasteiger partial charge in [0.1, 0.15) is 19.3 Å². The Hall–Kier alpha value is -0.640. The van der Waals surface area contributed by atoms with Crippen LogP contribution in [0.3, 0.4) is 0 Å². The van der Waals surface area contributed by atoms with Crippen molar-refractivity contribution in [2.75, 3.05) is 17.6 Å². The van der Waals surface area contributed by atoms with Gasteiger partial charge in [-0.25, -0.2) is 4.79 Å². The number of rotatable bonds is 3. The summed E-state index contributed by atoms with van der Waals surface area (Å²) in [6, 6.07) is 0. The Balaban J connectivity index is 3.08. The second-order valence-electron chi connectivity index (χ2n) is 1.43. The topological polar surface area (TPSA) is 61.6 Å². The molecule has 1 amide bonds. The summed E-state index contributed by atoms with van der Waals surface area (Å²) < 4.78 is 9.81. The molecule has 0 aromatic rings. The number of halogens is 1. The lowest BCUT2D eigenvalue weighted by Crippen LogP contribution is -2.15. The summed E-state index contributed by atoms with van der Waals surface area (Å²) in [4.78, 5) is 10.00. The van der Waals surface area contributed by atoms with E-state index < -0.39 is 6.09 Å². The Morgan fingerprint density at radius 2 is 2.27 bits per heavy atom. The van der Waals surface area contributed by atoms with Crippen LogP contribution in [0.5, 0.6) is 0 Å². The molecule has 0 heterocycles. The first kappa shape index (κ1) is 10.4. The van der Waals surface area contributed by atoms with Gasteiger partial charge in [0.05, 0.1) is 4.43 Å². The summed E-state index contributed by atoms with van der Waals surface area (Å²) in [5.74, 6) is 2.68. The Morgan fingerprint density at radius 3 is 2.82 bits per heavy atom. The molecular formula is C6H8INO3. The van der Waals surface area contributed by atoms with Crippen molar-refractivity contribution >= 4 is 28.7 Å². The van der Waals surface area contributed by atoms with Crippen LogP contribution in [0, 0.1) is 12.0 Å². The van der Waals surface area contributed by atoms with E-state index in [1.165, 1.54) is 0 Å². The van der Waals surface area contributed by atoms with Crippen molar-refractivity contribution in [1.29, 1.82) is 0 Å². The zero-order chi connectivity index (χ0) is 8.53. The van der Waals surface area contributed by atoms with E-state index in [9.17, 15) is 4.79 Å². The average Bonchev–Trinajstić information content (AvgIpc) is 1.96. The van der Waals surface area contributed by atoms with Gasteiger partial charge in [0.25, 0.3) is 0 Å². The van der Waals surface area contributed by atoms with Crippen LogP contribution in [0.4, 0.5) is 4.79 Å². The first-order valence-electron chi connectivity index (χ1n) is 2.85. The van der Waals surface area contributed by atoms with Gasteiger partial charge in [0, 0.05) is 0 Å². The van der Waals surface area contributed by atoms with Gasteiger partial charge in [-0.05, 0) is 5.92 Å². The highest BCUT2D eigenvalue weighted by atomic mass is 127. The van der Waals surface area contributed by atoms with Crippen molar-refractivity contribution in [2.45, 2.75) is 0 Å². The molecule has 0 saturated heterocycles. The lowest BCUT2D eigenvalue weighted by molar-refractivity contribution is 0.126. The highest BCUT2D eigenvalue weighted by Gasteiger charge is 1.90. The van der Waals surface area contributed by atoms with Crippen LogP contribution in [0.2, 0.25) is 0 Å². The van der Waals surface area contributed by atoms with E-state index in [2.05, 4.69) is 45.1 Å². The number of carbonyl (C=O) groups is 1. The van der Waals surface area contributed by atoms with Crippen molar-refractivity contribution in [2.24, 2.45) is 5.73 Å². The van der Waals surface area contributed by atoms with Gasteiger partial charge in [-0.2, -0.15) is 0 Å². The predicted octanol–water partition coefficient (Wildman–Crippen LogP) is 0.494. The highest BCUT2D eigenvalue weighted by molar-refractivity contribution is 14.1. The Labute approximate surface area is 78.6 Å². The largest absolute Gasteiger partial charge is 0.446 e. The Bertz CT molecular complexity index is 172. The van der Waals surface area contributed by atoms with Crippen LogP contribution >= 0.6 is 22.6 Å². The lowest BCUT2D eigenvalue weighted by Gasteiger charge is -1.97. The van der Waals surface area contributed by atoms with E-state index in [-0.39, 0.29) is 13.2 Å². The first-order valence-corrected chi connectivity index (χ1v) is 4.37. The van der Waals surface area contributed by atoms with E-state index in [1.807, 2.05) is 0 Å². The Morgan fingerprint density at radius 1 is 1.55 bits per heavy atom. The van der Waals surface area contributed by atoms with Crippen molar-refractivity contribution < 1.29 is 14.3 Å². The number of hydrogen-bond acceptors (Lipinski definition) is 3. The van der Waals surface area contributed by atoms with Gasteiger partial charge in [-0.1, -0.05) is 22.6 Å². The molecule has 4 nitrogen and oxygen atoms in total. The fourth-order valence-electron chi connectivity index (χ4n) is 0.313. The van der Waals surface area contributed by atoms with Gasteiger partial charge in [0.15, 0.2) is 0 Å². The van der Waals surface area contributed by atoms with Gasteiger partial charge in [-0.3, -0.25) is 0 Å². The number of carbonyl (C=O) groups excluding carboxylic acids is 1. The zero-order valence-corrected chi connectivity index (χ0v) is 7.96. The van der Waals surface area contributed by atoms with Crippen LogP contribution in [0.15, 0.2) is 0 Å². The van der Waals surface area contributed by atoms with E-state index in [1.54, 1.807) is 0 Å². The minimum absolute atomic E-state index is 0.144. The van der Waals surface area contributed by atoms with Crippen molar-refractivity contribution in [3.05, 3.63) is 0 Å². The van der Waals surface area contributed by atoms with Crippen LogP contribution in [-0.2, 0) is 9.47 Å². The standard InChI is InChI=1S/C6H8INO3/c7-2-1-3-10-4-5-11-6(8)9/h2,4-5H2,(H2,8,9). The predicted molar refractivity (Wildman–Crippen MR) is 48.2 cm³/mol. The molecule has 0 radical (unpaired) electrons. The summed E-state index contributed by atoms with van der Waals surface area (Å²) in [5.41, 5.74) is 4.68. The first-order chi connectivity index (χ1) is 5.27. The normalized spacial score (nSPS) is 7.73. The summed E-state index contributed by atoms with van der Waals surface area (Å²) in [5, 5.41) is 0. The van der Waals surface area contributed by atoms with Gasteiger partial charge >= 0.3 is 6.09 Å². The van der Waals surface area contributed by atoms with Gasteiger partial charge in [0.2, 0.25) is 0 Å². The van der Waals surface area contributed by atoms with E-state index >= 15 is 0 Å². The fourth-order valence-corrected chi connectivity index (χ4v) is 0.469. The third-order valence-corrected chi connectivity index (χ3v) is 1.02. The molecule has 0 aromatic heterocycles. The van der Waals surface area contributed by atoms with Crippen molar-refractivity contribution in [1.82, 2.24) is 0 Å². The molecule has 0 unspecified atom stereocenters. The van der Waals surface area contributed by atoms with Crippen LogP contribution in [-0.4, -0.2) is 23.7 Å². The third-order valence-electron chi connectivity index (χ3n) is 0.641. The number of hydrogen-bond donors (Lipinski definition) is 1. The fraction of sp³-hybridized carbons (Fsp3) is 0.500. The van der Waals surface area contributed by atoms with Crippen LogP contribution in [0.1, 0.15) is 0 Å². The number of alkyl halides is 1. The molecule has 0 spiro atoms. The number of ether oxygens (including phenoxy) is 2. The summed E-state index contributed by atoms with van der Waals surface area (Å²) in [7, 11) is 0. The second-order valence-corrected chi connectivity index (χ2v) is 2.19. The average molecular weight is 269 g/mol. The maximum Gasteiger partial charge on any atom is 0.404 e. The molecule has 62 valence electrons. The van der Waals surface area contributed by atoms with E-state index in [4.69, 9.17) is 4.74 Å². The van der Waals surface area contributed by atoms with Gasteiger partial charge < -0.3 is 15.2 Å². The molecular weight excluding hydrogens is 261 g/mol. The van der Waals surface area contributed by atoms with Crippen LogP contribution in [0.25, 0.3) is 0 Å². The van der Waals surface area contributed by atoms with Crippen molar-refractivity contribution in [3.63, 3.8) is 0 Å². The molecule has 0 rings (SSSR count). The number of primary amides is 1. The van der Waals surface area contributed by atoms with E-state index in [0.29, 0.717) is 4.43 Å². The molecule has 0 fully saturated rings. The second kappa shape index (κ2) is 7.47. The van der Waals surface area contributed by atoms with Crippen LogP contribution < -0.4 is 5.73 Å². The SMILES string of the molecule is NC(=O)OCCOC#CCI. The van der Waals surface area contributed by atoms with E-state index in [0.717, 1.165) is 0 Å². The molecule has 5 heteroatoms. The van der Waals surface area contributed by atoms with Gasteiger partial charge in [-0.15, -0.1) is 0 Å². The summed E-state index contributed by atoms with van der Waals surface area (Å²) >= 11 is 2.10. The molecule has 0 aliphatic carbocycles. The molecule has 0 aromatic carbocycles. The minimum Gasteiger partial charge on any atom is -0.446 e. The molecule has 2 N–H and O–H groups in total. The molecule has 0 aliphatic heterocycles. The monoisotopic (exact) mass is 269 g/mol. The zero-order valence-electron chi connectivity index (χ0n) is 5.80. The summed E-state index contributed by atoms with van der Waals surface area (Å²) in [6.07, 6.45) is 1.62. The Kier molecular flexibility index (Phi) is 7.03. The quantitative estimate of drug-likeness (QED) is 0.351.